The van der Waals surface area contributed by atoms with Crippen LogP contribution < -0.4 is 15.4 Å². The molecule has 0 saturated carbocycles. The highest BCUT2D eigenvalue weighted by Gasteiger charge is 2.17. The van der Waals surface area contributed by atoms with Crippen LogP contribution in [0.5, 0.6) is 5.75 Å². The first-order valence-electron chi connectivity index (χ1n) is 7.06. The highest BCUT2D eigenvalue weighted by atomic mass is 16.5. The van der Waals surface area contributed by atoms with Gasteiger partial charge in [-0.2, -0.15) is 0 Å². The van der Waals surface area contributed by atoms with Crippen LogP contribution in [0.15, 0.2) is 30.3 Å². The lowest BCUT2D eigenvalue weighted by Gasteiger charge is -2.13. The molecule has 1 heterocycles. The Morgan fingerprint density at radius 1 is 1.48 bits per heavy atom. The van der Waals surface area contributed by atoms with E-state index in [0.29, 0.717) is 13.0 Å². The lowest BCUT2D eigenvalue weighted by molar-refractivity contribution is -0.121. The van der Waals surface area contributed by atoms with Crippen LogP contribution in [0.4, 0.5) is 0 Å². The zero-order valence-corrected chi connectivity index (χ0v) is 12.1. The molecule has 1 aliphatic heterocycles. The number of hydrogen-bond acceptors (Lipinski definition) is 3. The first-order valence-corrected chi connectivity index (χ1v) is 7.06. The third-order valence-electron chi connectivity index (χ3n) is 3.35. The maximum absolute atomic E-state index is 11.9. The van der Waals surface area contributed by atoms with Gasteiger partial charge >= 0.3 is 0 Å². The first-order chi connectivity index (χ1) is 10.2. The summed E-state index contributed by atoms with van der Waals surface area (Å²) < 4.78 is 5.13. The molecule has 0 aliphatic carbocycles. The minimum absolute atomic E-state index is 0.00502. The Morgan fingerprint density at radius 2 is 2.33 bits per heavy atom. The molecular weight excluding hydrogens is 268 g/mol. The SMILES string of the molecule is COc1cccc(C=CC(=O)NC2CCCNC(=O)C2)c1. The molecule has 0 bridgehead atoms. The summed E-state index contributed by atoms with van der Waals surface area (Å²) >= 11 is 0. The smallest absolute Gasteiger partial charge is 0.244 e. The fourth-order valence-corrected chi connectivity index (χ4v) is 2.26. The molecule has 1 aliphatic rings. The summed E-state index contributed by atoms with van der Waals surface area (Å²) in [5.74, 6) is 0.560. The standard InChI is InChI=1S/C16H20N2O3/c1-21-14-6-2-4-12(10-14)7-8-15(19)18-13-5-3-9-17-16(20)11-13/h2,4,6-8,10,13H,3,5,9,11H2,1H3,(H,17,20)(H,18,19). The second-order valence-electron chi connectivity index (χ2n) is 5.01. The van der Waals surface area contributed by atoms with Crippen molar-refractivity contribution in [3.63, 3.8) is 0 Å². The van der Waals surface area contributed by atoms with Crippen LogP contribution in [0.1, 0.15) is 24.8 Å². The lowest BCUT2D eigenvalue weighted by atomic mass is 10.1. The second-order valence-corrected chi connectivity index (χ2v) is 5.01. The van der Waals surface area contributed by atoms with Gasteiger partial charge in [0.15, 0.2) is 0 Å². The van der Waals surface area contributed by atoms with Gasteiger partial charge in [-0.1, -0.05) is 12.1 Å². The van der Waals surface area contributed by atoms with Crippen molar-refractivity contribution in [2.45, 2.75) is 25.3 Å². The molecule has 5 nitrogen and oxygen atoms in total. The molecule has 1 saturated heterocycles. The van der Waals surface area contributed by atoms with E-state index < -0.39 is 0 Å². The number of ether oxygens (including phenoxy) is 1. The van der Waals surface area contributed by atoms with Gasteiger partial charge in [0, 0.05) is 25.1 Å². The maximum Gasteiger partial charge on any atom is 0.244 e. The van der Waals surface area contributed by atoms with Crippen molar-refractivity contribution in [1.29, 1.82) is 0 Å². The number of carbonyl (C=O) groups excluding carboxylic acids is 2. The van der Waals surface area contributed by atoms with Gasteiger partial charge in [-0.15, -0.1) is 0 Å². The summed E-state index contributed by atoms with van der Waals surface area (Å²) in [4.78, 5) is 23.3. The minimum Gasteiger partial charge on any atom is -0.497 e. The zero-order chi connectivity index (χ0) is 15.1. The molecule has 5 heteroatoms. The van der Waals surface area contributed by atoms with E-state index in [2.05, 4.69) is 10.6 Å². The van der Waals surface area contributed by atoms with Gasteiger partial charge in [-0.05, 0) is 36.6 Å². The largest absolute Gasteiger partial charge is 0.497 e. The number of methoxy groups -OCH3 is 1. The highest BCUT2D eigenvalue weighted by molar-refractivity contribution is 5.92. The number of rotatable bonds is 4. The number of nitrogens with one attached hydrogen (secondary N) is 2. The van der Waals surface area contributed by atoms with E-state index in [9.17, 15) is 9.59 Å². The topological polar surface area (TPSA) is 67.4 Å². The van der Waals surface area contributed by atoms with Crippen LogP contribution in [-0.4, -0.2) is 31.5 Å². The fourth-order valence-electron chi connectivity index (χ4n) is 2.26. The average molecular weight is 288 g/mol. The Labute approximate surface area is 124 Å². The van der Waals surface area contributed by atoms with Crippen molar-refractivity contribution in [2.24, 2.45) is 0 Å². The number of amides is 2. The van der Waals surface area contributed by atoms with Gasteiger partial charge in [-0.25, -0.2) is 0 Å². The second kappa shape index (κ2) is 7.47. The fraction of sp³-hybridized carbons (Fsp3) is 0.375. The third kappa shape index (κ3) is 4.95. The number of benzene rings is 1. The molecule has 2 amide bonds. The molecule has 2 N–H and O–H groups in total. The summed E-state index contributed by atoms with van der Waals surface area (Å²) in [6.07, 6.45) is 5.26. The quantitative estimate of drug-likeness (QED) is 0.825. The summed E-state index contributed by atoms with van der Waals surface area (Å²) in [5.41, 5.74) is 0.892. The molecule has 1 fully saturated rings. The van der Waals surface area contributed by atoms with Gasteiger partial charge < -0.3 is 15.4 Å². The molecule has 2 rings (SSSR count). The molecule has 21 heavy (non-hydrogen) atoms. The van der Waals surface area contributed by atoms with Crippen LogP contribution >= 0.6 is 0 Å². The summed E-state index contributed by atoms with van der Waals surface area (Å²) in [5, 5.41) is 5.67. The van der Waals surface area contributed by atoms with Crippen LogP contribution in [-0.2, 0) is 9.59 Å². The number of hydrogen-bond donors (Lipinski definition) is 2. The molecule has 1 aromatic carbocycles. The molecule has 0 spiro atoms. The summed E-state index contributed by atoms with van der Waals surface area (Å²) in [6.45, 7) is 0.685. The van der Waals surface area contributed by atoms with E-state index in [1.54, 1.807) is 13.2 Å². The lowest BCUT2D eigenvalue weighted by Crippen LogP contribution is -2.35. The van der Waals surface area contributed by atoms with Crippen molar-refractivity contribution < 1.29 is 14.3 Å². The number of carbonyl (C=O) groups is 2. The van der Waals surface area contributed by atoms with Crippen molar-refractivity contribution in [3.8, 4) is 5.75 Å². The highest BCUT2D eigenvalue weighted by Crippen LogP contribution is 2.13. The molecule has 0 radical (unpaired) electrons. The van der Waals surface area contributed by atoms with Crippen molar-refractivity contribution in [1.82, 2.24) is 10.6 Å². The Kier molecular flexibility index (Phi) is 5.37. The van der Waals surface area contributed by atoms with Gasteiger partial charge in [0.2, 0.25) is 11.8 Å². The summed E-state index contributed by atoms with van der Waals surface area (Å²) in [7, 11) is 1.60. The van der Waals surface area contributed by atoms with E-state index >= 15 is 0 Å². The van der Waals surface area contributed by atoms with Crippen molar-refractivity contribution >= 4 is 17.9 Å². The minimum atomic E-state index is -0.183. The van der Waals surface area contributed by atoms with E-state index in [0.717, 1.165) is 24.2 Å². The molecule has 0 aromatic heterocycles. The molecular formula is C16H20N2O3. The summed E-state index contributed by atoms with van der Waals surface area (Å²) in [6, 6.07) is 7.37. The Hall–Kier alpha value is -2.30. The molecule has 1 aromatic rings. The predicted molar refractivity (Wildman–Crippen MR) is 80.8 cm³/mol. The normalized spacial score (nSPS) is 18.9. The first kappa shape index (κ1) is 15.1. The molecule has 1 atom stereocenters. The maximum atomic E-state index is 11.9. The van der Waals surface area contributed by atoms with Gasteiger partial charge in [-0.3, -0.25) is 9.59 Å². The average Bonchev–Trinajstić information content (AvgIpc) is 2.69. The van der Waals surface area contributed by atoms with Crippen LogP contribution in [0, 0.1) is 0 Å². The van der Waals surface area contributed by atoms with Crippen LogP contribution in [0.3, 0.4) is 0 Å². The van der Waals surface area contributed by atoms with Crippen molar-refractivity contribution in [3.05, 3.63) is 35.9 Å². The monoisotopic (exact) mass is 288 g/mol. The van der Waals surface area contributed by atoms with Crippen molar-refractivity contribution in [2.75, 3.05) is 13.7 Å². The van der Waals surface area contributed by atoms with Crippen LogP contribution in [0.25, 0.3) is 6.08 Å². The predicted octanol–water partition coefficient (Wildman–Crippen LogP) is 1.49. The van der Waals surface area contributed by atoms with Gasteiger partial charge in [0.1, 0.15) is 5.75 Å². The van der Waals surface area contributed by atoms with Crippen LogP contribution in [0.2, 0.25) is 0 Å². The third-order valence-corrected chi connectivity index (χ3v) is 3.35. The van der Waals surface area contributed by atoms with Gasteiger partial charge in [0.25, 0.3) is 0 Å². The van der Waals surface area contributed by atoms with E-state index in [1.807, 2.05) is 24.3 Å². The van der Waals surface area contributed by atoms with E-state index in [-0.39, 0.29) is 17.9 Å². The Balaban J connectivity index is 1.91. The van der Waals surface area contributed by atoms with E-state index in [1.165, 1.54) is 6.08 Å². The van der Waals surface area contributed by atoms with Gasteiger partial charge in [0.05, 0.1) is 7.11 Å². The Bertz CT molecular complexity index is 540. The zero-order valence-electron chi connectivity index (χ0n) is 12.1. The van der Waals surface area contributed by atoms with E-state index in [4.69, 9.17) is 4.74 Å². The Morgan fingerprint density at radius 3 is 3.14 bits per heavy atom. The molecule has 1 unspecified atom stereocenters. The molecule has 112 valence electrons.